The highest BCUT2D eigenvalue weighted by Crippen LogP contribution is 2.17. The molecule has 0 bridgehead atoms. The average molecular weight is 203 g/mol. The zero-order chi connectivity index (χ0) is 11.0. The molecule has 0 N–H and O–H groups in total. The van der Waals surface area contributed by atoms with Gasteiger partial charge < -0.3 is 9.14 Å². The van der Waals surface area contributed by atoms with Crippen molar-refractivity contribution >= 4 is 11.5 Å². The van der Waals surface area contributed by atoms with Gasteiger partial charge in [0.25, 0.3) is 0 Å². The van der Waals surface area contributed by atoms with E-state index in [9.17, 15) is 4.79 Å². The Balaban J connectivity index is 2.76. The predicted molar refractivity (Wildman–Crippen MR) is 58.2 cm³/mol. The number of carbonyl (C=O) groups is 1. The summed E-state index contributed by atoms with van der Waals surface area (Å²) in [5.41, 5.74) is 3.67. The van der Waals surface area contributed by atoms with Gasteiger partial charge in [-0.3, -0.25) is 0 Å². The van der Waals surface area contributed by atoms with Crippen molar-refractivity contribution in [1.82, 2.24) is 4.40 Å². The second kappa shape index (κ2) is 3.42. The van der Waals surface area contributed by atoms with Crippen molar-refractivity contribution in [2.45, 2.75) is 13.8 Å². The third kappa shape index (κ3) is 1.50. The topological polar surface area (TPSA) is 30.7 Å². The molecule has 0 amide bonds. The molecule has 15 heavy (non-hydrogen) atoms. The van der Waals surface area contributed by atoms with Crippen molar-refractivity contribution in [3.8, 4) is 0 Å². The summed E-state index contributed by atoms with van der Waals surface area (Å²) in [4.78, 5) is 11.6. The summed E-state index contributed by atoms with van der Waals surface area (Å²) in [6, 6.07) is 6.00. The summed E-state index contributed by atoms with van der Waals surface area (Å²) in [5.74, 6) is -0.293. The predicted octanol–water partition coefficient (Wildman–Crippen LogP) is 2.34. The molecule has 0 aromatic carbocycles. The first-order chi connectivity index (χ1) is 7.13. The lowest BCUT2D eigenvalue weighted by atomic mass is 10.3. The molecular weight excluding hydrogens is 190 g/mol. The fraction of sp³-hybridized carbons (Fsp3) is 0.250. The highest BCUT2D eigenvalue weighted by Gasteiger charge is 2.14. The molecular formula is C12H13NO2. The van der Waals surface area contributed by atoms with Crippen LogP contribution in [-0.2, 0) is 4.74 Å². The van der Waals surface area contributed by atoms with Crippen LogP contribution in [0, 0.1) is 13.8 Å². The van der Waals surface area contributed by atoms with Crippen LogP contribution in [-0.4, -0.2) is 17.5 Å². The lowest BCUT2D eigenvalue weighted by molar-refractivity contribution is 0.0592. The van der Waals surface area contributed by atoms with Crippen LogP contribution in [0.3, 0.4) is 0 Å². The van der Waals surface area contributed by atoms with Gasteiger partial charge in [0.05, 0.1) is 7.11 Å². The van der Waals surface area contributed by atoms with E-state index in [1.165, 1.54) is 7.11 Å². The summed E-state index contributed by atoms with van der Waals surface area (Å²) in [6.07, 6.45) is 1.94. The summed E-state index contributed by atoms with van der Waals surface area (Å²) >= 11 is 0. The Morgan fingerprint density at radius 2 is 2.07 bits per heavy atom. The number of hydrogen-bond acceptors (Lipinski definition) is 2. The largest absolute Gasteiger partial charge is 0.464 e. The van der Waals surface area contributed by atoms with E-state index in [1.54, 1.807) is 0 Å². The van der Waals surface area contributed by atoms with Gasteiger partial charge in [-0.1, -0.05) is 6.07 Å². The Hall–Kier alpha value is -1.77. The molecule has 3 nitrogen and oxygen atoms in total. The molecule has 0 unspecified atom stereocenters. The molecule has 0 saturated heterocycles. The summed E-state index contributed by atoms with van der Waals surface area (Å²) in [7, 11) is 1.40. The van der Waals surface area contributed by atoms with Gasteiger partial charge in [0.1, 0.15) is 5.69 Å². The van der Waals surface area contributed by atoms with Gasteiger partial charge in [-0.2, -0.15) is 0 Å². The van der Waals surface area contributed by atoms with Crippen molar-refractivity contribution in [3.05, 3.63) is 41.2 Å². The Morgan fingerprint density at radius 1 is 1.33 bits per heavy atom. The van der Waals surface area contributed by atoms with Crippen molar-refractivity contribution in [1.29, 1.82) is 0 Å². The normalized spacial score (nSPS) is 10.6. The molecule has 2 rings (SSSR count). The van der Waals surface area contributed by atoms with Crippen LogP contribution in [0.1, 0.15) is 21.6 Å². The molecule has 2 aromatic rings. The zero-order valence-electron chi connectivity index (χ0n) is 9.07. The maximum Gasteiger partial charge on any atom is 0.355 e. The van der Waals surface area contributed by atoms with Crippen LogP contribution in [0.4, 0.5) is 0 Å². The number of nitrogens with zero attached hydrogens (tertiary/aromatic N) is 1. The Labute approximate surface area is 88.3 Å². The van der Waals surface area contributed by atoms with Crippen molar-refractivity contribution in [3.63, 3.8) is 0 Å². The second-order valence-corrected chi connectivity index (χ2v) is 3.67. The quantitative estimate of drug-likeness (QED) is 0.666. The summed E-state index contributed by atoms with van der Waals surface area (Å²) in [5, 5.41) is 0. The highest BCUT2D eigenvalue weighted by atomic mass is 16.5. The summed E-state index contributed by atoms with van der Waals surface area (Å²) in [6.45, 7) is 3.91. The van der Waals surface area contributed by atoms with Gasteiger partial charge >= 0.3 is 5.97 Å². The first-order valence-electron chi connectivity index (χ1n) is 4.80. The van der Waals surface area contributed by atoms with Gasteiger partial charge in [0.2, 0.25) is 0 Å². The molecule has 0 aliphatic carbocycles. The average Bonchev–Trinajstić information content (AvgIpc) is 2.52. The fourth-order valence-electron chi connectivity index (χ4n) is 1.77. The maximum atomic E-state index is 11.6. The van der Waals surface area contributed by atoms with E-state index in [0.717, 1.165) is 16.6 Å². The third-order valence-corrected chi connectivity index (χ3v) is 2.49. The second-order valence-electron chi connectivity index (χ2n) is 3.67. The number of aromatic nitrogens is 1. The van der Waals surface area contributed by atoms with E-state index in [1.807, 2.05) is 42.6 Å². The number of pyridine rings is 1. The molecule has 0 aliphatic heterocycles. The Morgan fingerprint density at radius 3 is 2.73 bits per heavy atom. The number of aryl methyl sites for hydroxylation is 2. The number of hydrogen-bond donors (Lipinski definition) is 0. The lowest BCUT2D eigenvalue weighted by Crippen LogP contribution is -2.07. The number of carbonyl (C=O) groups excluding carboxylic acids is 1. The van der Waals surface area contributed by atoms with Crippen molar-refractivity contribution in [2.75, 3.05) is 7.11 Å². The molecule has 2 heterocycles. The van der Waals surface area contributed by atoms with Gasteiger partial charge in [0.15, 0.2) is 0 Å². The lowest BCUT2D eigenvalue weighted by Gasteiger charge is -2.03. The molecule has 3 heteroatoms. The Kier molecular flexibility index (Phi) is 2.23. The van der Waals surface area contributed by atoms with Crippen LogP contribution >= 0.6 is 0 Å². The molecule has 0 spiro atoms. The first-order valence-corrected chi connectivity index (χ1v) is 4.80. The van der Waals surface area contributed by atoms with Crippen LogP contribution < -0.4 is 0 Å². The molecule has 0 radical (unpaired) electrons. The van der Waals surface area contributed by atoms with Gasteiger partial charge in [-0.05, 0) is 37.1 Å². The van der Waals surface area contributed by atoms with Gasteiger partial charge in [-0.15, -0.1) is 0 Å². The molecule has 0 fully saturated rings. The minimum absolute atomic E-state index is 0.293. The minimum atomic E-state index is -0.293. The van der Waals surface area contributed by atoms with E-state index in [4.69, 9.17) is 4.74 Å². The van der Waals surface area contributed by atoms with Crippen LogP contribution in [0.25, 0.3) is 5.52 Å². The number of fused-ring (bicyclic) bond motifs is 1. The van der Waals surface area contributed by atoms with E-state index >= 15 is 0 Å². The minimum Gasteiger partial charge on any atom is -0.464 e. The van der Waals surface area contributed by atoms with E-state index in [2.05, 4.69) is 0 Å². The van der Waals surface area contributed by atoms with Crippen molar-refractivity contribution in [2.24, 2.45) is 0 Å². The monoisotopic (exact) mass is 203 g/mol. The standard InChI is InChI=1S/C12H13NO2/c1-8-4-5-10-6-9(2)11(12(14)15-3)13(10)7-8/h4-7H,1-3H3. The van der Waals surface area contributed by atoms with E-state index in [0.29, 0.717) is 5.69 Å². The molecule has 0 atom stereocenters. The number of rotatable bonds is 1. The number of ether oxygens (including phenoxy) is 1. The molecule has 2 aromatic heterocycles. The number of methoxy groups -OCH3 is 1. The van der Waals surface area contributed by atoms with Crippen molar-refractivity contribution < 1.29 is 9.53 Å². The number of esters is 1. The zero-order valence-corrected chi connectivity index (χ0v) is 9.07. The third-order valence-electron chi connectivity index (χ3n) is 2.49. The highest BCUT2D eigenvalue weighted by molar-refractivity contribution is 5.91. The fourth-order valence-corrected chi connectivity index (χ4v) is 1.77. The van der Waals surface area contributed by atoms with Crippen LogP contribution in [0.5, 0.6) is 0 Å². The van der Waals surface area contributed by atoms with E-state index in [-0.39, 0.29) is 5.97 Å². The molecule has 78 valence electrons. The Bertz CT molecular complexity index is 526. The van der Waals surface area contributed by atoms with E-state index < -0.39 is 0 Å². The van der Waals surface area contributed by atoms with Gasteiger partial charge in [0, 0.05) is 11.7 Å². The van der Waals surface area contributed by atoms with Crippen LogP contribution in [0.15, 0.2) is 24.4 Å². The molecule has 0 aliphatic rings. The smallest absolute Gasteiger partial charge is 0.355 e. The first kappa shape index (κ1) is 9.77. The van der Waals surface area contributed by atoms with Crippen LogP contribution in [0.2, 0.25) is 0 Å². The molecule has 0 saturated carbocycles. The SMILES string of the molecule is COC(=O)c1c(C)cc2ccc(C)cn12. The maximum absolute atomic E-state index is 11.6. The van der Waals surface area contributed by atoms with Gasteiger partial charge in [-0.25, -0.2) is 4.79 Å². The summed E-state index contributed by atoms with van der Waals surface area (Å²) < 4.78 is 6.64.